The third-order valence-corrected chi connectivity index (χ3v) is 7.50. The second kappa shape index (κ2) is 3.94. The molecule has 20 heavy (non-hydrogen) atoms. The van der Waals surface area contributed by atoms with Gasteiger partial charge in [0.15, 0.2) is 0 Å². The van der Waals surface area contributed by atoms with Crippen LogP contribution in [0.2, 0.25) is 13.1 Å². The Hall–Kier alpha value is -1.62. The highest BCUT2D eigenvalue weighted by molar-refractivity contribution is 7.03. The average Bonchev–Trinajstić information content (AvgIpc) is 2.59. The van der Waals surface area contributed by atoms with Crippen molar-refractivity contribution in [3.63, 3.8) is 0 Å². The van der Waals surface area contributed by atoms with Crippen molar-refractivity contribution >= 4 is 18.4 Å². The van der Waals surface area contributed by atoms with E-state index in [0.717, 1.165) is 11.3 Å². The highest BCUT2D eigenvalue weighted by Gasteiger charge is 2.41. The van der Waals surface area contributed by atoms with E-state index in [0.29, 0.717) is 16.3 Å². The number of halogens is 4. The quantitative estimate of drug-likeness (QED) is 0.514. The second-order valence-corrected chi connectivity index (χ2v) is 9.87. The first-order chi connectivity index (χ1) is 9.23. The predicted molar refractivity (Wildman–Crippen MR) is 73.6 cm³/mol. The number of benzene rings is 2. The van der Waals surface area contributed by atoms with Gasteiger partial charge in [-0.2, -0.15) is 13.2 Å². The van der Waals surface area contributed by atoms with Crippen LogP contribution in [0.25, 0.3) is 11.1 Å². The lowest BCUT2D eigenvalue weighted by molar-refractivity contribution is -0.137. The Morgan fingerprint density at radius 2 is 1.65 bits per heavy atom. The average molecular weight is 296 g/mol. The SMILES string of the molecule is C[Si]1(C)c2cc(C(F)(F)F)ccc2-c2c(F)cccc21. The van der Waals surface area contributed by atoms with Crippen molar-refractivity contribution in [1.82, 2.24) is 0 Å². The van der Waals surface area contributed by atoms with Crippen LogP contribution in [0.4, 0.5) is 17.6 Å². The summed E-state index contributed by atoms with van der Waals surface area (Å²) in [5.74, 6) is -0.360. The summed E-state index contributed by atoms with van der Waals surface area (Å²) in [6.45, 7) is 3.91. The first-order valence-corrected chi connectivity index (χ1v) is 9.24. The van der Waals surface area contributed by atoms with Crippen LogP contribution in [-0.4, -0.2) is 8.07 Å². The van der Waals surface area contributed by atoms with Gasteiger partial charge in [0, 0.05) is 5.56 Å². The molecule has 0 radical (unpaired) electrons. The molecular formula is C15H12F4Si. The molecule has 1 heterocycles. The molecule has 0 bridgehead atoms. The molecule has 2 aromatic rings. The minimum Gasteiger partial charge on any atom is -0.206 e. The van der Waals surface area contributed by atoms with Crippen LogP contribution in [0, 0.1) is 5.82 Å². The van der Waals surface area contributed by atoms with Crippen molar-refractivity contribution in [1.29, 1.82) is 0 Å². The summed E-state index contributed by atoms with van der Waals surface area (Å²) in [7, 11) is -2.26. The van der Waals surface area contributed by atoms with Crippen LogP contribution < -0.4 is 10.4 Å². The smallest absolute Gasteiger partial charge is 0.206 e. The van der Waals surface area contributed by atoms with Gasteiger partial charge in [-0.3, -0.25) is 0 Å². The van der Waals surface area contributed by atoms with E-state index in [4.69, 9.17) is 0 Å². The Morgan fingerprint density at radius 1 is 0.950 bits per heavy atom. The highest BCUT2D eigenvalue weighted by atomic mass is 28.3. The lowest BCUT2D eigenvalue weighted by Gasteiger charge is -2.19. The third-order valence-electron chi connectivity index (χ3n) is 3.98. The second-order valence-electron chi connectivity index (χ2n) is 5.55. The summed E-state index contributed by atoms with van der Waals surface area (Å²) < 4.78 is 52.6. The third kappa shape index (κ3) is 1.73. The van der Waals surface area contributed by atoms with E-state index < -0.39 is 19.8 Å². The Labute approximate surface area is 115 Å². The van der Waals surface area contributed by atoms with Gasteiger partial charge in [0.25, 0.3) is 0 Å². The molecule has 0 atom stereocenters. The van der Waals surface area contributed by atoms with Gasteiger partial charge < -0.3 is 0 Å². The van der Waals surface area contributed by atoms with Gasteiger partial charge >= 0.3 is 6.18 Å². The molecule has 0 N–H and O–H groups in total. The minimum atomic E-state index is -4.37. The molecular weight excluding hydrogens is 284 g/mol. The lowest BCUT2D eigenvalue weighted by atomic mass is 10.0. The Bertz CT molecular complexity index is 702. The van der Waals surface area contributed by atoms with E-state index in [-0.39, 0.29) is 5.82 Å². The van der Waals surface area contributed by atoms with Crippen LogP contribution in [0.15, 0.2) is 36.4 Å². The molecule has 5 heteroatoms. The van der Waals surface area contributed by atoms with Crippen LogP contribution in [0.1, 0.15) is 5.56 Å². The molecule has 104 valence electrons. The fourth-order valence-corrected chi connectivity index (χ4v) is 6.00. The molecule has 3 rings (SSSR count). The largest absolute Gasteiger partial charge is 0.416 e. The van der Waals surface area contributed by atoms with E-state index in [1.54, 1.807) is 6.07 Å². The maximum Gasteiger partial charge on any atom is 0.416 e. The van der Waals surface area contributed by atoms with Gasteiger partial charge in [0.05, 0.1) is 5.56 Å². The summed E-state index contributed by atoms with van der Waals surface area (Å²) in [4.78, 5) is 0. The van der Waals surface area contributed by atoms with Crippen molar-refractivity contribution in [2.45, 2.75) is 19.3 Å². The normalized spacial score (nSPS) is 15.9. The molecule has 1 aliphatic rings. The summed E-state index contributed by atoms with van der Waals surface area (Å²) in [5.41, 5.74) is 0.431. The highest BCUT2D eigenvalue weighted by Crippen LogP contribution is 2.34. The zero-order chi connectivity index (χ0) is 14.7. The first-order valence-electron chi connectivity index (χ1n) is 6.24. The lowest BCUT2D eigenvalue weighted by Crippen LogP contribution is -2.49. The standard InChI is InChI=1S/C15H12F4Si/c1-20(2)12-5-3-4-11(16)14(12)10-7-6-9(8-13(10)20)15(17,18)19/h3-8H,1-2H3. The minimum absolute atomic E-state index is 0.360. The van der Waals surface area contributed by atoms with Gasteiger partial charge in [0.1, 0.15) is 13.9 Å². The van der Waals surface area contributed by atoms with Crippen LogP contribution in [0.3, 0.4) is 0 Å². The van der Waals surface area contributed by atoms with E-state index in [1.807, 2.05) is 19.2 Å². The predicted octanol–water partition coefficient (Wildman–Crippen LogP) is 3.65. The molecule has 2 aromatic carbocycles. The number of hydrogen-bond acceptors (Lipinski definition) is 0. The van der Waals surface area contributed by atoms with Crippen molar-refractivity contribution < 1.29 is 17.6 Å². The zero-order valence-electron chi connectivity index (χ0n) is 11.0. The van der Waals surface area contributed by atoms with E-state index in [2.05, 4.69) is 0 Å². The summed E-state index contributed by atoms with van der Waals surface area (Å²) in [6, 6.07) is 8.45. The topological polar surface area (TPSA) is 0 Å². The number of fused-ring (bicyclic) bond motifs is 3. The van der Waals surface area contributed by atoms with E-state index >= 15 is 0 Å². The number of hydrogen-bond donors (Lipinski definition) is 0. The van der Waals surface area contributed by atoms with Crippen molar-refractivity contribution in [3.8, 4) is 11.1 Å². The van der Waals surface area contributed by atoms with E-state index in [9.17, 15) is 17.6 Å². The molecule has 0 saturated carbocycles. The molecule has 0 fully saturated rings. The Kier molecular flexibility index (Phi) is 2.64. The maximum absolute atomic E-state index is 14.0. The molecule has 0 aliphatic carbocycles. The molecule has 0 amide bonds. The van der Waals surface area contributed by atoms with Crippen molar-refractivity contribution in [2.75, 3.05) is 0 Å². The monoisotopic (exact) mass is 296 g/mol. The molecule has 0 unspecified atom stereocenters. The summed E-state index contributed by atoms with van der Waals surface area (Å²) in [6.07, 6.45) is -4.37. The number of rotatable bonds is 0. The van der Waals surface area contributed by atoms with Gasteiger partial charge in [-0.1, -0.05) is 31.3 Å². The summed E-state index contributed by atoms with van der Waals surface area (Å²) >= 11 is 0. The summed E-state index contributed by atoms with van der Waals surface area (Å²) in [5, 5.41) is 1.53. The van der Waals surface area contributed by atoms with E-state index in [1.165, 1.54) is 18.2 Å². The molecule has 1 aliphatic heterocycles. The van der Waals surface area contributed by atoms with Gasteiger partial charge in [-0.25, -0.2) is 4.39 Å². The van der Waals surface area contributed by atoms with Crippen molar-refractivity contribution in [2.24, 2.45) is 0 Å². The fraction of sp³-hybridized carbons (Fsp3) is 0.200. The van der Waals surface area contributed by atoms with Gasteiger partial charge in [-0.05, 0) is 34.1 Å². The number of alkyl halides is 3. The van der Waals surface area contributed by atoms with Crippen LogP contribution >= 0.6 is 0 Å². The van der Waals surface area contributed by atoms with Crippen molar-refractivity contribution in [3.05, 3.63) is 47.8 Å². The fourth-order valence-electron chi connectivity index (χ4n) is 2.92. The van der Waals surface area contributed by atoms with Gasteiger partial charge in [-0.15, -0.1) is 0 Å². The Morgan fingerprint density at radius 3 is 2.30 bits per heavy atom. The first kappa shape index (κ1) is 13.4. The zero-order valence-corrected chi connectivity index (χ0v) is 12.0. The molecule has 0 saturated heterocycles. The van der Waals surface area contributed by atoms with Crippen LogP contribution in [-0.2, 0) is 6.18 Å². The molecule has 0 aromatic heterocycles. The molecule has 0 spiro atoms. The van der Waals surface area contributed by atoms with Gasteiger partial charge in [0.2, 0.25) is 0 Å². The molecule has 0 nitrogen and oxygen atoms in total. The maximum atomic E-state index is 14.0. The Balaban J connectivity index is 2.31. The van der Waals surface area contributed by atoms with Crippen LogP contribution in [0.5, 0.6) is 0 Å².